The number of oxime groups is 1. The van der Waals surface area contributed by atoms with Crippen molar-refractivity contribution in [3.63, 3.8) is 0 Å². The van der Waals surface area contributed by atoms with Gasteiger partial charge in [0, 0.05) is 18.2 Å². The molecule has 0 unspecified atom stereocenters. The fraction of sp³-hybridized carbons (Fsp3) is 0.167. The van der Waals surface area contributed by atoms with E-state index in [1.165, 1.54) is 12.1 Å². The summed E-state index contributed by atoms with van der Waals surface area (Å²) >= 11 is 0. The van der Waals surface area contributed by atoms with E-state index in [0.29, 0.717) is 24.4 Å². The third kappa shape index (κ3) is 3.29. The molecule has 0 atom stereocenters. The van der Waals surface area contributed by atoms with Gasteiger partial charge >= 0.3 is 0 Å². The van der Waals surface area contributed by atoms with Crippen molar-refractivity contribution < 1.29 is 14.1 Å². The molecular formula is C12H13FN4O2. The fourth-order valence-electron chi connectivity index (χ4n) is 1.65. The summed E-state index contributed by atoms with van der Waals surface area (Å²) < 4.78 is 18.1. The van der Waals surface area contributed by atoms with Crippen molar-refractivity contribution in [1.29, 1.82) is 0 Å². The SMILES string of the molecule is N/C(=N/O)c1cc(F)ccc1CNCc1ccno1. The molecule has 0 aliphatic carbocycles. The summed E-state index contributed by atoms with van der Waals surface area (Å²) in [7, 11) is 0. The standard InChI is InChI=1S/C12H13FN4O2/c13-9-2-1-8(11(5-9)12(14)17-18)6-15-7-10-3-4-16-19-10/h1-5,15,18H,6-7H2,(H2,14,17). The molecule has 1 heterocycles. The van der Waals surface area contributed by atoms with Crippen LogP contribution in [0.15, 0.2) is 40.1 Å². The quantitative estimate of drug-likeness (QED) is 0.326. The van der Waals surface area contributed by atoms with Crippen LogP contribution in [-0.2, 0) is 13.1 Å². The van der Waals surface area contributed by atoms with Crippen LogP contribution in [0.3, 0.4) is 0 Å². The first-order valence-electron chi connectivity index (χ1n) is 5.57. The highest BCUT2D eigenvalue weighted by Gasteiger charge is 2.08. The molecule has 0 saturated carbocycles. The Morgan fingerprint density at radius 2 is 2.26 bits per heavy atom. The summed E-state index contributed by atoms with van der Waals surface area (Å²) in [5, 5.41) is 18.2. The number of nitrogens with zero attached hydrogens (tertiary/aromatic N) is 2. The van der Waals surface area contributed by atoms with Crippen LogP contribution >= 0.6 is 0 Å². The summed E-state index contributed by atoms with van der Waals surface area (Å²) in [6.07, 6.45) is 1.55. The largest absolute Gasteiger partial charge is 0.409 e. The van der Waals surface area contributed by atoms with Crippen molar-refractivity contribution in [1.82, 2.24) is 10.5 Å². The van der Waals surface area contributed by atoms with Gasteiger partial charge in [-0.3, -0.25) is 0 Å². The first-order chi connectivity index (χ1) is 9.20. The molecule has 19 heavy (non-hydrogen) atoms. The smallest absolute Gasteiger partial charge is 0.170 e. The van der Waals surface area contributed by atoms with E-state index >= 15 is 0 Å². The number of amidine groups is 1. The number of hydrogen-bond acceptors (Lipinski definition) is 5. The van der Waals surface area contributed by atoms with Gasteiger partial charge in [0.1, 0.15) is 11.6 Å². The van der Waals surface area contributed by atoms with Crippen molar-refractivity contribution in [2.75, 3.05) is 0 Å². The molecule has 0 spiro atoms. The Kier molecular flexibility index (Phi) is 4.09. The Hall–Kier alpha value is -2.41. The van der Waals surface area contributed by atoms with Crippen LogP contribution in [0.5, 0.6) is 0 Å². The Morgan fingerprint density at radius 1 is 1.42 bits per heavy atom. The molecule has 2 rings (SSSR count). The topological polar surface area (TPSA) is 96.7 Å². The lowest BCUT2D eigenvalue weighted by atomic mass is 10.1. The molecular weight excluding hydrogens is 251 g/mol. The Morgan fingerprint density at radius 3 is 2.95 bits per heavy atom. The van der Waals surface area contributed by atoms with Crippen LogP contribution in [0.4, 0.5) is 4.39 Å². The molecule has 0 radical (unpaired) electrons. The predicted molar refractivity (Wildman–Crippen MR) is 66.0 cm³/mol. The van der Waals surface area contributed by atoms with E-state index in [2.05, 4.69) is 15.6 Å². The third-order valence-electron chi connectivity index (χ3n) is 2.56. The zero-order valence-electron chi connectivity index (χ0n) is 10.0. The maximum Gasteiger partial charge on any atom is 0.170 e. The lowest BCUT2D eigenvalue weighted by Gasteiger charge is -2.09. The van der Waals surface area contributed by atoms with Gasteiger partial charge in [0.15, 0.2) is 5.84 Å². The fourth-order valence-corrected chi connectivity index (χ4v) is 1.65. The van der Waals surface area contributed by atoms with E-state index in [1.54, 1.807) is 18.3 Å². The average Bonchev–Trinajstić information content (AvgIpc) is 2.92. The zero-order chi connectivity index (χ0) is 13.7. The number of benzene rings is 1. The second kappa shape index (κ2) is 5.96. The monoisotopic (exact) mass is 264 g/mol. The summed E-state index contributed by atoms with van der Waals surface area (Å²) in [6.45, 7) is 0.902. The molecule has 0 amide bonds. The molecule has 0 aliphatic heterocycles. The van der Waals surface area contributed by atoms with E-state index in [9.17, 15) is 4.39 Å². The molecule has 0 saturated heterocycles. The normalized spacial score (nSPS) is 11.7. The van der Waals surface area contributed by atoms with E-state index in [1.807, 2.05) is 0 Å². The van der Waals surface area contributed by atoms with Crippen LogP contribution in [-0.4, -0.2) is 16.2 Å². The van der Waals surface area contributed by atoms with E-state index in [-0.39, 0.29) is 5.84 Å². The van der Waals surface area contributed by atoms with Gasteiger partial charge in [-0.1, -0.05) is 16.4 Å². The Balaban J connectivity index is 2.07. The highest BCUT2D eigenvalue weighted by atomic mass is 19.1. The second-order valence-electron chi connectivity index (χ2n) is 3.87. The van der Waals surface area contributed by atoms with Crippen molar-refractivity contribution >= 4 is 5.84 Å². The molecule has 2 aromatic rings. The predicted octanol–water partition coefficient (Wildman–Crippen LogP) is 1.20. The highest BCUT2D eigenvalue weighted by molar-refractivity contribution is 5.98. The number of halogens is 1. The zero-order valence-corrected chi connectivity index (χ0v) is 10.0. The average molecular weight is 264 g/mol. The van der Waals surface area contributed by atoms with E-state index in [0.717, 1.165) is 5.56 Å². The first-order valence-corrected chi connectivity index (χ1v) is 5.57. The Labute approximate surface area is 108 Å². The molecule has 6 nitrogen and oxygen atoms in total. The van der Waals surface area contributed by atoms with Gasteiger partial charge in [-0.2, -0.15) is 0 Å². The van der Waals surface area contributed by atoms with Gasteiger partial charge in [-0.15, -0.1) is 0 Å². The highest BCUT2D eigenvalue weighted by Crippen LogP contribution is 2.11. The maximum atomic E-state index is 13.2. The van der Waals surface area contributed by atoms with Crippen LogP contribution in [0.25, 0.3) is 0 Å². The molecule has 7 heteroatoms. The molecule has 0 aliphatic rings. The molecule has 0 bridgehead atoms. The molecule has 1 aromatic heterocycles. The minimum Gasteiger partial charge on any atom is -0.409 e. The van der Waals surface area contributed by atoms with Crippen LogP contribution in [0, 0.1) is 5.82 Å². The maximum absolute atomic E-state index is 13.2. The minimum atomic E-state index is -0.444. The van der Waals surface area contributed by atoms with Crippen LogP contribution in [0.1, 0.15) is 16.9 Å². The van der Waals surface area contributed by atoms with Crippen molar-refractivity contribution in [3.8, 4) is 0 Å². The van der Waals surface area contributed by atoms with Gasteiger partial charge in [-0.25, -0.2) is 4.39 Å². The van der Waals surface area contributed by atoms with Gasteiger partial charge < -0.3 is 20.8 Å². The van der Waals surface area contributed by atoms with Crippen molar-refractivity contribution in [2.45, 2.75) is 13.1 Å². The van der Waals surface area contributed by atoms with Gasteiger partial charge in [0.2, 0.25) is 0 Å². The van der Waals surface area contributed by atoms with Gasteiger partial charge in [-0.05, 0) is 17.7 Å². The molecule has 4 N–H and O–H groups in total. The second-order valence-corrected chi connectivity index (χ2v) is 3.87. The lowest BCUT2D eigenvalue weighted by Crippen LogP contribution is -2.20. The number of aromatic nitrogens is 1. The van der Waals surface area contributed by atoms with E-state index in [4.69, 9.17) is 15.5 Å². The third-order valence-corrected chi connectivity index (χ3v) is 2.56. The van der Waals surface area contributed by atoms with Crippen molar-refractivity contribution in [3.05, 3.63) is 53.2 Å². The molecule has 0 fully saturated rings. The number of nitrogens with two attached hydrogens (primary N) is 1. The number of rotatable bonds is 5. The summed E-state index contributed by atoms with van der Waals surface area (Å²) in [5.74, 6) is 0.115. The summed E-state index contributed by atoms with van der Waals surface area (Å²) in [4.78, 5) is 0. The molecule has 1 aromatic carbocycles. The van der Waals surface area contributed by atoms with Gasteiger partial charge in [0.05, 0.1) is 12.7 Å². The van der Waals surface area contributed by atoms with Crippen LogP contribution < -0.4 is 11.1 Å². The van der Waals surface area contributed by atoms with E-state index < -0.39 is 5.82 Å². The van der Waals surface area contributed by atoms with Gasteiger partial charge in [0.25, 0.3) is 0 Å². The Bertz CT molecular complexity index is 569. The number of hydrogen-bond donors (Lipinski definition) is 3. The molecule has 100 valence electrons. The van der Waals surface area contributed by atoms with Crippen molar-refractivity contribution in [2.24, 2.45) is 10.9 Å². The lowest BCUT2D eigenvalue weighted by molar-refractivity contribution is 0.318. The summed E-state index contributed by atoms with van der Waals surface area (Å²) in [6, 6.07) is 5.86. The first kappa shape index (κ1) is 13.0. The minimum absolute atomic E-state index is 0.129. The number of nitrogens with one attached hydrogen (secondary N) is 1. The summed E-state index contributed by atoms with van der Waals surface area (Å²) in [5.41, 5.74) is 6.58. The van der Waals surface area contributed by atoms with Crippen LogP contribution in [0.2, 0.25) is 0 Å².